The van der Waals surface area contributed by atoms with Gasteiger partial charge in [0.1, 0.15) is 0 Å². The fraction of sp³-hybridized carbons (Fsp3) is 0.700. The lowest BCUT2D eigenvalue weighted by Crippen LogP contribution is -2.30. The van der Waals surface area contributed by atoms with Crippen molar-refractivity contribution in [1.82, 2.24) is 10.3 Å². The minimum atomic E-state index is 0.309. The average Bonchev–Trinajstić information content (AvgIpc) is 2.64. The van der Waals surface area contributed by atoms with Gasteiger partial charge >= 0.3 is 0 Å². The first-order valence-electron chi connectivity index (χ1n) is 5.04. The van der Waals surface area contributed by atoms with Gasteiger partial charge in [-0.25, -0.2) is 0 Å². The van der Waals surface area contributed by atoms with E-state index >= 15 is 0 Å². The minimum Gasteiger partial charge on any atom is -0.327 e. The first-order chi connectivity index (χ1) is 6.70. The first-order valence-corrected chi connectivity index (χ1v) is 5.91. The van der Waals surface area contributed by atoms with Gasteiger partial charge in [0, 0.05) is 23.7 Å². The second-order valence-electron chi connectivity index (χ2n) is 3.84. The molecule has 0 aliphatic carbocycles. The van der Waals surface area contributed by atoms with Crippen molar-refractivity contribution in [3.05, 3.63) is 16.6 Å². The van der Waals surface area contributed by atoms with Crippen LogP contribution in [-0.4, -0.2) is 17.6 Å². The first kappa shape index (κ1) is 11.6. The summed E-state index contributed by atoms with van der Waals surface area (Å²) < 4.78 is 0. The van der Waals surface area contributed by atoms with E-state index in [9.17, 15) is 0 Å². The maximum Gasteiger partial charge on any atom is 0.0794 e. The molecule has 0 aromatic carbocycles. The zero-order valence-electron chi connectivity index (χ0n) is 8.86. The van der Waals surface area contributed by atoms with E-state index in [0.29, 0.717) is 12.0 Å². The highest BCUT2D eigenvalue weighted by atomic mass is 32.1. The molecule has 0 bridgehead atoms. The lowest BCUT2D eigenvalue weighted by atomic mass is 10.0. The maximum atomic E-state index is 5.93. The molecular weight excluding hydrogens is 194 g/mol. The molecule has 0 spiro atoms. The summed E-state index contributed by atoms with van der Waals surface area (Å²) in [7, 11) is 0. The molecule has 4 heteroatoms. The van der Waals surface area contributed by atoms with E-state index in [2.05, 4.69) is 24.1 Å². The van der Waals surface area contributed by atoms with Crippen molar-refractivity contribution in [2.24, 2.45) is 11.7 Å². The van der Waals surface area contributed by atoms with Gasteiger partial charge in [-0.1, -0.05) is 13.8 Å². The van der Waals surface area contributed by atoms with E-state index < -0.39 is 0 Å². The average molecular weight is 213 g/mol. The van der Waals surface area contributed by atoms with Gasteiger partial charge in [-0.3, -0.25) is 4.98 Å². The Labute approximate surface area is 89.7 Å². The number of rotatable bonds is 6. The van der Waals surface area contributed by atoms with Crippen molar-refractivity contribution >= 4 is 11.3 Å². The standard InChI is InChI=1S/C10H19N3S/c1-8(2)10(11)3-4-12-5-9-6-13-7-14-9/h6-8,10,12H,3-5,11H2,1-2H3. The van der Waals surface area contributed by atoms with Crippen LogP contribution in [-0.2, 0) is 6.54 Å². The maximum absolute atomic E-state index is 5.93. The Balaban J connectivity index is 2.05. The molecule has 3 nitrogen and oxygen atoms in total. The Kier molecular flexibility index (Phi) is 5.07. The molecule has 1 aromatic heterocycles. The van der Waals surface area contributed by atoms with Crippen molar-refractivity contribution in [2.75, 3.05) is 6.54 Å². The van der Waals surface area contributed by atoms with E-state index in [0.717, 1.165) is 19.5 Å². The summed E-state index contributed by atoms with van der Waals surface area (Å²) in [5, 5.41) is 3.36. The minimum absolute atomic E-state index is 0.309. The predicted octanol–water partition coefficient (Wildman–Crippen LogP) is 1.61. The third-order valence-electron chi connectivity index (χ3n) is 2.29. The molecule has 0 aliphatic rings. The summed E-state index contributed by atoms with van der Waals surface area (Å²) in [5.41, 5.74) is 7.78. The zero-order valence-corrected chi connectivity index (χ0v) is 9.68. The van der Waals surface area contributed by atoms with Crippen molar-refractivity contribution in [3.8, 4) is 0 Å². The summed E-state index contributed by atoms with van der Waals surface area (Å²) in [6.45, 7) is 6.22. The highest BCUT2D eigenvalue weighted by Gasteiger charge is 2.06. The smallest absolute Gasteiger partial charge is 0.0794 e. The van der Waals surface area contributed by atoms with Crippen molar-refractivity contribution in [3.63, 3.8) is 0 Å². The number of nitrogens with zero attached hydrogens (tertiary/aromatic N) is 1. The molecule has 80 valence electrons. The molecule has 0 saturated heterocycles. The molecule has 1 heterocycles. The molecule has 0 radical (unpaired) electrons. The van der Waals surface area contributed by atoms with E-state index in [4.69, 9.17) is 5.73 Å². The third kappa shape index (κ3) is 4.17. The van der Waals surface area contributed by atoms with Gasteiger partial charge < -0.3 is 11.1 Å². The Morgan fingerprint density at radius 3 is 2.93 bits per heavy atom. The quantitative estimate of drug-likeness (QED) is 0.706. The van der Waals surface area contributed by atoms with Crippen LogP contribution in [0.15, 0.2) is 11.7 Å². The van der Waals surface area contributed by atoms with Gasteiger partial charge in [0.2, 0.25) is 0 Å². The molecule has 14 heavy (non-hydrogen) atoms. The van der Waals surface area contributed by atoms with E-state index in [1.54, 1.807) is 11.3 Å². The van der Waals surface area contributed by atoms with Crippen LogP contribution in [0.5, 0.6) is 0 Å². The van der Waals surface area contributed by atoms with Crippen LogP contribution in [0.1, 0.15) is 25.1 Å². The Morgan fingerprint density at radius 2 is 2.36 bits per heavy atom. The molecule has 1 rings (SSSR count). The van der Waals surface area contributed by atoms with Gasteiger partial charge in [0.25, 0.3) is 0 Å². The number of hydrogen-bond donors (Lipinski definition) is 2. The number of aromatic nitrogens is 1. The third-order valence-corrected chi connectivity index (χ3v) is 3.07. The predicted molar refractivity (Wildman–Crippen MR) is 61.3 cm³/mol. The monoisotopic (exact) mass is 213 g/mol. The lowest BCUT2D eigenvalue weighted by molar-refractivity contribution is 0.450. The Morgan fingerprint density at radius 1 is 1.57 bits per heavy atom. The second kappa shape index (κ2) is 6.11. The molecule has 1 unspecified atom stereocenters. The van der Waals surface area contributed by atoms with Crippen LogP contribution in [0.2, 0.25) is 0 Å². The lowest BCUT2D eigenvalue weighted by Gasteiger charge is -2.15. The van der Waals surface area contributed by atoms with E-state index in [1.807, 2.05) is 11.7 Å². The summed E-state index contributed by atoms with van der Waals surface area (Å²) in [4.78, 5) is 5.30. The van der Waals surface area contributed by atoms with Crippen molar-refractivity contribution in [2.45, 2.75) is 32.9 Å². The topological polar surface area (TPSA) is 50.9 Å². The van der Waals surface area contributed by atoms with Gasteiger partial charge in [-0.2, -0.15) is 0 Å². The molecular formula is C10H19N3S. The van der Waals surface area contributed by atoms with E-state index in [1.165, 1.54) is 4.88 Å². The number of hydrogen-bond acceptors (Lipinski definition) is 4. The Hall–Kier alpha value is -0.450. The van der Waals surface area contributed by atoms with Gasteiger partial charge in [0.05, 0.1) is 5.51 Å². The highest BCUT2D eigenvalue weighted by Crippen LogP contribution is 2.05. The fourth-order valence-corrected chi connectivity index (χ4v) is 1.71. The molecule has 0 amide bonds. The largest absolute Gasteiger partial charge is 0.327 e. The molecule has 0 saturated carbocycles. The fourth-order valence-electron chi connectivity index (χ4n) is 1.14. The van der Waals surface area contributed by atoms with E-state index in [-0.39, 0.29) is 0 Å². The number of nitrogens with one attached hydrogen (secondary N) is 1. The molecule has 0 aliphatic heterocycles. The van der Waals surface area contributed by atoms with Crippen molar-refractivity contribution in [1.29, 1.82) is 0 Å². The molecule has 3 N–H and O–H groups in total. The zero-order chi connectivity index (χ0) is 10.4. The number of nitrogens with two attached hydrogens (primary N) is 1. The Bertz CT molecular complexity index is 234. The SMILES string of the molecule is CC(C)C(N)CCNCc1cncs1. The van der Waals surface area contributed by atoms with Crippen molar-refractivity contribution < 1.29 is 0 Å². The normalized spacial score (nSPS) is 13.4. The van der Waals surface area contributed by atoms with Crippen LogP contribution in [0.25, 0.3) is 0 Å². The summed E-state index contributed by atoms with van der Waals surface area (Å²) in [5.74, 6) is 0.570. The number of thiazole rings is 1. The van der Waals surface area contributed by atoms with Crippen LogP contribution in [0.4, 0.5) is 0 Å². The molecule has 1 atom stereocenters. The van der Waals surface area contributed by atoms with Gasteiger partial charge in [-0.05, 0) is 18.9 Å². The highest BCUT2D eigenvalue weighted by molar-refractivity contribution is 7.09. The van der Waals surface area contributed by atoms with Crippen LogP contribution in [0.3, 0.4) is 0 Å². The molecule has 1 aromatic rings. The summed E-state index contributed by atoms with van der Waals surface area (Å²) >= 11 is 1.68. The van der Waals surface area contributed by atoms with Gasteiger partial charge in [-0.15, -0.1) is 11.3 Å². The summed E-state index contributed by atoms with van der Waals surface area (Å²) in [6.07, 6.45) is 2.94. The molecule has 0 fully saturated rings. The van der Waals surface area contributed by atoms with Crippen LogP contribution in [0, 0.1) is 5.92 Å². The summed E-state index contributed by atoms with van der Waals surface area (Å²) in [6, 6.07) is 0.309. The van der Waals surface area contributed by atoms with Gasteiger partial charge in [0.15, 0.2) is 0 Å². The van der Waals surface area contributed by atoms with Crippen LogP contribution < -0.4 is 11.1 Å². The van der Waals surface area contributed by atoms with Crippen LogP contribution >= 0.6 is 11.3 Å². The second-order valence-corrected chi connectivity index (χ2v) is 4.81.